The van der Waals surface area contributed by atoms with Gasteiger partial charge in [-0.2, -0.15) is 0 Å². The molecular formula is C30H39N3O5. The summed E-state index contributed by atoms with van der Waals surface area (Å²) in [5.41, 5.74) is 1.74. The minimum absolute atomic E-state index is 0.0128. The molecule has 8 nitrogen and oxygen atoms in total. The maximum atomic E-state index is 13.6. The van der Waals surface area contributed by atoms with Crippen molar-refractivity contribution < 1.29 is 23.9 Å². The predicted octanol–water partition coefficient (Wildman–Crippen LogP) is 3.65. The molecule has 1 aliphatic heterocycles. The van der Waals surface area contributed by atoms with Gasteiger partial charge in [0.15, 0.2) is 0 Å². The Morgan fingerprint density at radius 2 is 1.55 bits per heavy atom. The molecular weight excluding hydrogens is 482 g/mol. The Hall–Kier alpha value is -3.39. The zero-order valence-corrected chi connectivity index (χ0v) is 22.4. The third-order valence-corrected chi connectivity index (χ3v) is 7.76. The molecule has 1 aliphatic carbocycles. The second-order valence-electron chi connectivity index (χ2n) is 10.2. The summed E-state index contributed by atoms with van der Waals surface area (Å²) < 4.78 is 10.2. The van der Waals surface area contributed by atoms with Crippen LogP contribution in [0.2, 0.25) is 0 Å². The lowest BCUT2D eigenvalue weighted by Gasteiger charge is -2.38. The number of piperidine rings is 1. The number of nitrogens with zero attached hydrogens (tertiary/aromatic N) is 2. The highest BCUT2D eigenvalue weighted by Crippen LogP contribution is 2.28. The van der Waals surface area contributed by atoms with E-state index in [4.69, 9.17) is 9.47 Å². The minimum atomic E-state index is -0.0643. The Morgan fingerprint density at radius 1 is 0.895 bits per heavy atom. The Labute approximate surface area is 225 Å². The van der Waals surface area contributed by atoms with Crippen LogP contribution in [0.1, 0.15) is 54.4 Å². The summed E-state index contributed by atoms with van der Waals surface area (Å²) in [5, 5.41) is 3.26. The van der Waals surface area contributed by atoms with Crippen LogP contribution in [0, 0.1) is 5.92 Å². The summed E-state index contributed by atoms with van der Waals surface area (Å²) in [6.45, 7) is 1.82. The van der Waals surface area contributed by atoms with Crippen molar-refractivity contribution in [3.05, 3.63) is 65.7 Å². The van der Waals surface area contributed by atoms with Gasteiger partial charge >= 0.3 is 0 Å². The lowest BCUT2D eigenvalue weighted by atomic mass is 9.88. The molecule has 0 radical (unpaired) electrons. The molecule has 2 fully saturated rings. The van der Waals surface area contributed by atoms with E-state index in [1.165, 1.54) is 7.11 Å². The maximum Gasteiger partial charge on any atom is 0.254 e. The van der Waals surface area contributed by atoms with Crippen LogP contribution >= 0.6 is 0 Å². The van der Waals surface area contributed by atoms with Crippen LogP contribution in [0.4, 0.5) is 0 Å². The molecule has 1 N–H and O–H groups in total. The molecule has 0 unspecified atom stereocenters. The van der Waals surface area contributed by atoms with Crippen molar-refractivity contribution in [1.29, 1.82) is 0 Å². The number of benzene rings is 2. The number of hydrogen-bond acceptors (Lipinski definition) is 5. The fraction of sp³-hybridized carbons (Fsp3) is 0.500. The molecule has 204 valence electrons. The molecule has 0 spiro atoms. The molecule has 1 saturated heterocycles. The molecule has 2 aromatic carbocycles. The van der Waals surface area contributed by atoms with E-state index >= 15 is 0 Å². The molecule has 0 bridgehead atoms. The smallest absolute Gasteiger partial charge is 0.254 e. The topological polar surface area (TPSA) is 88.2 Å². The monoisotopic (exact) mass is 521 g/mol. The highest BCUT2D eigenvalue weighted by atomic mass is 16.5. The molecule has 0 aromatic heterocycles. The van der Waals surface area contributed by atoms with Crippen molar-refractivity contribution in [1.82, 2.24) is 15.1 Å². The van der Waals surface area contributed by atoms with Gasteiger partial charge in [-0.1, -0.05) is 30.3 Å². The predicted molar refractivity (Wildman–Crippen MR) is 145 cm³/mol. The molecule has 2 aliphatic rings. The molecule has 38 heavy (non-hydrogen) atoms. The number of carbonyl (C=O) groups is 3. The third-order valence-electron chi connectivity index (χ3n) is 7.76. The van der Waals surface area contributed by atoms with Gasteiger partial charge in [-0.15, -0.1) is 0 Å². The van der Waals surface area contributed by atoms with E-state index in [-0.39, 0.29) is 42.3 Å². The van der Waals surface area contributed by atoms with Gasteiger partial charge in [0.05, 0.1) is 7.11 Å². The molecule has 8 heteroatoms. The van der Waals surface area contributed by atoms with Crippen LogP contribution in [0.3, 0.4) is 0 Å². The first-order chi connectivity index (χ1) is 18.5. The minimum Gasteiger partial charge on any atom is -0.497 e. The van der Waals surface area contributed by atoms with Crippen LogP contribution in [0.5, 0.6) is 5.75 Å². The van der Waals surface area contributed by atoms with Gasteiger partial charge in [-0.3, -0.25) is 14.4 Å². The normalized spacial score (nSPS) is 20.0. The number of hydrogen-bond donors (Lipinski definition) is 1. The van der Waals surface area contributed by atoms with Gasteiger partial charge in [-0.05, 0) is 68.4 Å². The second-order valence-corrected chi connectivity index (χ2v) is 10.2. The molecule has 1 saturated carbocycles. The van der Waals surface area contributed by atoms with Gasteiger partial charge < -0.3 is 24.6 Å². The van der Waals surface area contributed by atoms with E-state index in [2.05, 4.69) is 5.32 Å². The number of likely N-dealkylation sites (tertiary alicyclic amines) is 1. The fourth-order valence-electron chi connectivity index (χ4n) is 5.50. The van der Waals surface area contributed by atoms with Crippen molar-refractivity contribution in [3.63, 3.8) is 0 Å². The molecule has 4 rings (SSSR count). The lowest BCUT2D eigenvalue weighted by Crippen LogP contribution is -2.48. The quantitative estimate of drug-likeness (QED) is 0.544. The molecule has 2 aromatic rings. The first-order valence-corrected chi connectivity index (χ1v) is 13.5. The van der Waals surface area contributed by atoms with Crippen molar-refractivity contribution in [2.24, 2.45) is 5.92 Å². The number of nitrogens with one attached hydrogen (secondary N) is 1. The third kappa shape index (κ3) is 7.13. The zero-order valence-electron chi connectivity index (χ0n) is 22.4. The van der Waals surface area contributed by atoms with E-state index in [0.717, 1.165) is 37.0 Å². The number of ether oxygens (including phenoxy) is 2. The van der Waals surface area contributed by atoms with Gasteiger partial charge in [0.2, 0.25) is 11.8 Å². The van der Waals surface area contributed by atoms with Crippen LogP contribution in [0.25, 0.3) is 0 Å². The molecule has 0 atom stereocenters. The Morgan fingerprint density at radius 3 is 2.16 bits per heavy atom. The van der Waals surface area contributed by atoms with Crippen molar-refractivity contribution in [3.8, 4) is 5.75 Å². The number of amides is 3. The zero-order chi connectivity index (χ0) is 26.9. The van der Waals surface area contributed by atoms with E-state index in [9.17, 15) is 14.4 Å². The number of methoxy groups -OCH3 is 2. The average Bonchev–Trinajstić information content (AvgIpc) is 2.97. The molecule has 1 heterocycles. The van der Waals surface area contributed by atoms with Crippen LogP contribution < -0.4 is 10.1 Å². The maximum absolute atomic E-state index is 13.6. The summed E-state index contributed by atoms with van der Waals surface area (Å²) in [6, 6.07) is 17.6. The first kappa shape index (κ1) is 27.6. The summed E-state index contributed by atoms with van der Waals surface area (Å²) in [7, 11) is 3.13. The average molecular weight is 522 g/mol. The van der Waals surface area contributed by atoms with Gasteiger partial charge in [0.25, 0.3) is 5.91 Å². The lowest BCUT2D eigenvalue weighted by molar-refractivity contribution is -0.138. The van der Waals surface area contributed by atoms with E-state index in [1.54, 1.807) is 12.0 Å². The van der Waals surface area contributed by atoms with Gasteiger partial charge in [0.1, 0.15) is 12.4 Å². The Balaban J connectivity index is 1.33. The number of carbonyl (C=O) groups excluding carboxylic acids is 3. The largest absolute Gasteiger partial charge is 0.497 e. The van der Waals surface area contributed by atoms with Gasteiger partial charge in [0, 0.05) is 50.3 Å². The fourth-order valence-corrected chi connectivity index (χ4v) is 5.50. The van der Waals surface area contributed by atoms with E-state index in [0.29, 0.717) is 38.0 Å². The van der Waals surface area contributed by atoms with Crippen molar-refractivity contribution in [2.75, 3.05) is 33.9 Å². The highest BCUT2D eigenvalue weighted by molar-refractivity contribution is 5.94. The Kier molecular flexibility index (Phi) is 9.76. The summed E-state index contributed by atoms with van der Waals surface area (Å²) in [5.74, 6) is 0.737. The number of rotatable bonds is 9. The van der Waals surface area contributed by atoms with E-state index in [1.807, 2.05) is 59.5 Å². The molecule has 3 amide bonds. The van der Waals surface area contributed by atoms with Crippen LogP contribution in [-0.2, 0) is 20.9 Å². The van der Waals surface area contributed by atoms with Crippen molar-refractivity contribution >= 4 is 17.7 Å². The van der Waals surface area contributed by atoms with Crippen LogP contribution in [-0.4, -0.2) is 73.5 Å². The highest BCUT2D eigenvalue weighted by Gasteiger charge is 2.32. The standard InChI is InChI=1S/C30H39N3O5/c1-37-21-28(34)32-18-16-23(17-19-32)29(35)31-25-10-12-26(13-11-25)33(20-22-6-4-3-5-7-22)30(36)24-8-14-27(38-2)15-9-24/h3-9,14-15,23,25-26H,10-13,16-21H2,1-2H3,(H,31,35). The second kappa shape index (κ2) is 13.4. The Bertz CT molecular complexity index is 1060. The SMILES string of the molecule is COCC(=O)N1CCC(C(=O)NC2CCC(N(Cc3ccccc3)C(=O)c3ccc(OC)cc3)CC2)CC1. The van der Waals surface area contributed by atoms with Gasteiger partial charge in [-0.25, -0.2) is 0 Å². The summed E-state index contributed by atoms with van der Waals surface area (Å²) >= 11 is 0. The first-order valence-electron chi connectivity index (χ1n) is 13.5. The van der Waals surface area contributed by atoms with Crippen LogP contribution in [0.15, 0.2) is 54.6 Å². The summed E-state index contributed by atoms with van der Waals surface area (Å²) in [4.78, 5) is 42.4. The summed E-state index contributed by atoms with van der Waals surface area (Å²) in [6.07, 6.45) is 4.70. The van der Waals surface area contributed by atoms with E-state index < -0.39 is 0 Å². The van der Waals surface area contributed by atoms with Crippen molar-refractivity contribution in [2.45, 2.75) is 57.2 Å².